The molecular formula is C12H11NO3. The minimum atomic E-state index is -0.186. The summed E-state index contributed by atoms with van der Waals surface area (Å²) in [6.45, 7) is 2.02. The highest BCUT2D eigenvalue weighted by Crippen LogP contribution is 2.13. The van der Waals surface area contributed by atoms with Crippen molar-refractivity contribution in [3.63, 3.8) is 0 Å². The van der Waals surface area contributed by atoms with E-state index >= 15 is 0 Å². The Morgan fingerprint density at radius 3 is 3.00 bits per heavy atom. The molecule has 2 rings (SSSR count). The second-order valence-electron chi connectivity index (χ2n) is 3.45. The molecule has 4 nitrogen and oxygen atoms in total. The van der Waals surface area contributed by atoms with Gasteiger partial charge in [0.1, 0.15) is 11.8 Å². The fourth-order valence-corrected chi connectivity index (χ4v) is 1.56. The molecule has 0 fully saturated rings. The number of fused-ring (bicyclic) bond motifs is 1. The minimum absolute atomic E-state index is 0.186. The molecule has 0 unspecified atom stereocenters. The van der Waals surface area contributed by atoms with Gasteiger partial charge in [0.15, 0.2) is 0 Å². The molecule has 0 bridgehead atoms. The summed E-state index contributed by atoms with van der Waals surface area (Å²) >= 11 is 0. The maximum absolute atomic E-state index is 11.9. The second-order valence-corrected chi connectivity index (χ2v) is 3.45. The first-order valence-electron chi connectivity index (χ1n) is 4.98. The first-order chi connectivity index (χ1) is 7.76. The molecule has 0 saturated carbocycles. The van der Waals surface area contributed by atoms with Crippen LogP contribution in [0.5, 0.6) is 0 Å². The van der Waals surface area contributed by atoms with Crippen LogP contribution < -0.4 is 5.43 Å². The van der Waals surface area contributed by atoms with Gasteiger partial charge in [-0.05, 0) is 24.1 Å². The van der Waals surface area contributed by atoms with Crippen molar-refractivity contribution in [1.82, 2.24) is 0 Å². The molecule has 4 heteroatoms. The monoisotopic (exact) mass is 217 g/mol. The smallest absolute Gasteiger partial charge is 0.201 e. The van der Waals surface area contributed by atoms with Crippen LogP contribution in [0.1, 0.15) is 18.1 Å². The van der Waals surface area contributed by atoms with Crippen molar-refractivity contribution in [1.29, 1.82) is 0 Å². The Balaban J connectivity index is 2.76. The maximum atomic E-state index is 11.9. The molecule has 0 radical (unpaired) electrons. The molecule has 0 atom stereocenters. The predicted octanol–water partition coefficient (Wildman–Crippen LogP) is 2.16. The molecule has 0 spiro atoms. The van der Waals surface area contributed by atoms with E-state index in [0.29, 0.717) is 11.0 Å². The van der Waals surface area contributed by atoms with Gasteiger partial charge in [0.05, 0.1) is 17.2 Å². The van der Waals surface area contributed by atoms with Gasteiger partial charge in [0, 0.05) is 0 Å². The van der Waals surface area contributed by atoms with Crippen LogP contribution in [0, 0.1) is 0 Å². The lowest BCUT2D eigenvalue weighted by atomic mass is 10.1. The van der Waals surface area contributed by atoms with E-state index in [9.17, 15) is 4.79 Å². The normalized spacial score (nSPS) is 11.3. The first kappa shape index (κ1) is 10.4. The zero-order valence-corrected chi connectivity index (χ0v) is 8.80. The quantitative estimate of drug-likeness (QED) is 0.476. The van der Waals surface area contributed by atoms with Crippen LogP contribution in [-0.2, 0) is 6.42 Å². The van der Waals surface area contributed by atoms with Crippen LogP contribution >= 0.6 is 0 Å². The Hall–Kier alpha value is -2.10. The van der Waals surface area contributed by atoms with Crippen molar-refractivity contribution in [2.24, 2.45) is 5.16 Å². The Morgan fingerprint density at radius 1 is 1.50 bits per heavy atom. The minimum Gasteiger partial charge on any atom is -0.463 e. The summed E-state index contributed by atoms with van der Waals surface area (Å²) in [6, 6.07) is 5.50. The van der Waals surface area contributed by atoms with E-state index in [4.69, 9.17) is 9.62 Å². The highest BCUT2D eigenvalue weighted by Gasteiger charge is 2.05. The van der Waals surface area contributed by atoms with Crippen molar-refractivity contribution in [2.45, 2.75) is 13.3 Å². The summed E-state index contributed by atoms with van der Waals surface area (Å²) in [4.78, 5) is 11.9. The molecule has 16 heavy (non-hydrogen) atoms. The third kappa shape index (κ3) is 1.69. The fourth-order valence-electron chi connectivity index (χ4n) is 1.56. The SMILES string of the molecule is CCc1ccc2occ(/C=N/O)c(=O)c2c1. The van der Waals surface area contributed by atoms with Gasteiger partial charge in [-0.15, -0.1) is 0 Å². The number of nitrogens with zero attached hydrogens (tertiary/aromatic N) is 1. The fraction of sp³-hybridized carbons (Fsp3) is 0.167. The zero-order valence-electron chi connectivity index (χ0n) is 8.80. The van der Waals surface area contributed by atoms with Gasteiger partial charge in [0.2, 0.25) is 5.43 Å². The molecule has 1 aromatic carbocycles. The lowest BCUT2D eigenvalue weighted by molar-refractivity contribution is 0.321. The summed E-state index contributed by atoms with van der Waals surface area (Å²) in [5.41, 5.74) is 1.66. The van der Waals surface area contributed by atoms with Crippen LogP contribution in [0.25, 0.3) is 11.0 Å². The van der Waals surface area contributed by atoms with Gasteiger partial charge < -0.3 is 9.62 Å². The topological polar surface area (TPSA) is 62.8 Å². The molecule has 0 aliphatic carbocycles. The Kier molecular flexibility index (Phi) is 2.72. The van der Waals surface area contributed by atoms with E-state index < -0.39 is 0 Å². The first-order valence-corrected chi connectivity index (χ1v) is 4.98. The van der Waals surface area contributed by atoms with Crippen molar-refractivity contribution in [3.05, 3.63) is 45.8 Å². The second kappa shape index (κ2) is 4.18. The van der Waals surface area contributed by atoms with Gasteiger partial charge in [-0.25, -0.2) is 0 Å². The molecule has 1 heterocycles. The van der Waals surface area contributed by atoms with E-state index in [1.165, 1.54) is 6.26 Å². The maximum Gasteiger partial charge on any atom is 0.201 e. The zero-order chi connectivity index (χ0) is 11.5. The third-order valence-electron chi connectivity index (χ3n) is 2.47. The van der Waals surface area contributed by atoms with Crippen molar-refractivity contribution < 1.29 is 9.62 Å². The van der Waals surface area contributed by atoms with E-state index in [0.717, 1.165) is 18.2 Å². The van der Waals surface area contributed by atoms with Gasteiger partial charge in [-0.1, -0.05) is 18.1 Å². The number of rotatable bonds is 2. The third-order valence-corrected chi connectivity index (χ3v) is 2.47. The predicted molar refractivity (Wildman–Crippen MR) is 61.2 cm³/mol. The summed E-state index contributed by atoms with van der Waals surface area (Å²) in [5, 5.41) is 11.7. The van der Waals surface area contributed by atoms with Crippen LogP contribution in [0.3, 0.4) is 0 Å². The Bertz CT molecular complexity index is 599. The standard InChI is InChI=1S/C12H11NO3/c1-2-8-3-4-11-10(5-8)12(14)9(6-13-15)7-16-11/h3-7,15H,2H2,1H3/b13-6+. The number of oxime groups is 1. The Morgan fingerprint density at radius 2 is 2.31 bits per heavy atom. The van der Waals surface area contributed by atoms with Crippen molar-refractivity contribution in [2.75, 3.05) is 0 Å². The van der Waals surface area contributed by atoms with Gasteiger partial charge in [-0.2, -0.15) is 0 Å². The van der Waals surface area contributed by atoms with Crippen LogP contribution in [-0.4, -0.2) is 11.4 Å². The number of benzene rings is 1. The summed E-state index contributed by atoms with van der Waals surface area (Å²) < 4.78 is 5.27. The Labute approximate surface area is 91.8 Å². The molecule has 1 aromatic heterocycles. The highest BCUT2D eigenvalue weighted by molar-refractivity contribution is 5.86. The molecule has 82 valence electrons. The van der Waals surface area contributed by atoms with Gasteiger partial charge in [0.25, 0.3) is 0 Å². The average molecular weight is 217 g/mol. The van der Waals surface area contributed by atoms with E-state index in [1.807, 2.05) is 13.0 Å². The van der Waals surface area contributed by atoms with Crippen LogP contribution in [0.15, 0.2) is 38.8 Å². The number of aryl methyl sites for hydroxylation is 1. The number of hydrogen-bond donors (Lipinski definition) is 1. The van der Waals surface area contributed by atoms with Gasteiger partial charge >= 0.3 is 0 Å². The number of hydrogen-bond acceptors (Lipinski definition) is 4. The molecule has 2 aromatic rings. The average Bonchev–Trinajstić information content (AvgIpc) is 2.33. The molecular weight excluding hydrogens is 206 g/mol. The van der Waals surface area contributed by atoms with Crippen LogP contribution in [0.4, 0.5) is 0 Å². The van der Waals surface area contributed by atoms with Gasteiger partial charge in [-0.3, -0.25) is 4.79 Å². The highest BCUT2D eigenvalue weighted by atomic mass is 16.4. The van der Waals surface area contributed by atoms with E-state index in [-0.39, 0.29) is 11.0 Å². The van der Waals surface area contributed by atoms with Crippen molar-refractivity contribution in [3.8, 4) is 0 Å². The molecule has 0 aliphatic rings. The largest absolute Gasteiger partial charge is 0.463 e. The molecule has 0 amide bonds. The summed E-state index contributed by atoms with van der Waals surface area (Å²) in [7, 11) is 0. The molecule has 1 N–H and O–H groups in total. The van der Waals surface area contributed by atoms with Crippen molar-refractivity contribution >= 4 is 17.2 Å². The molecule has 0 aliphatic heterocycles. The molecule has 0 saturated heterocycles. The van der Waals surface area contributed by atoms with E-state index in [2.05, 4.69) is 5.16 Å². The van der Waals surface area contributed by atoms with E-state index in [1.54, 1.807) is 12.1 Å². The lowest BCUT2D eigenvalue weighted by Crippen LogP contribution is -2.08. The summed E-state index contributed by atoms with van der Waals surface area (Å²) in [6.07, 6.45) is 3.22. The lowest BCUT2D eigenvalue weighted by Gasteiger charge is -2.00. The van der Waals surface area contributed by atoms with Crippen LogP contribution in [0.2, 0.25) is 0 Å². The summed E-state index contributed by atoms with van der Waals surface area (Å²) in [5.74, 6) is 0.